The average Bonchev–Trinajstić information content (AvgIpc) is 1.90. The normalized spacial score (nSPS) is 42.0. The van der Waals surface area contributed by atoms with Gasteiger partial charge in [0.15, 0.2) is 0 Å². The summed E-state index contributed by atoms with van der Waals surface area (Å²) in [5.41, 5.74) is -0.681. The molecule has 1 heterocycles. The van der Waals surface area contributed by atoms with Crippen LogP contribution in [0.2, 0.25) is 0 Å². The summed E-state index contributed by atoms with van der Waals surface area (Å²) in [6.45, 7) is 5.87. The number of ether oxygens (including phenoxy) is 1. The molecule has 0 amide bonds. The van der Waals surface area contributed by atoms with Crippen LogP contribution in [0, 0.1) is 0 Å². The van der Waals surface area contributed by atoms with Crippen LogP contribution in [-0.2, 0) is 4.74 Å². The van der Waals surface area contributed by atoms with Gasteiger partial charge < -0.3 is 14.7 Å². The maximum absolute atomic E-state index is 9.68. The predicted molar refractivity (Wildman–Crippen MR) is 43.5 cm³/mol. The van der Waals surface area contributed by atoms with E-state index in [2.05, 4.69) is 4.90 Å². The van der Waals surface area contributed by atoms with Crippen LogP contribution in [0.3, 0.4) is 0 Å². The lowest BCUT2D eigenvalue weighted by Crippen LogP contribution is -2.39. The molecule has 0 spiro atoms. The third kappa shape index (κ3) is 2.77. The number of β-amino-alcohol motifs (C(OH)–C–C–N with tert-alkyl or cyclic N) is 1. The summed E-state index contributed by atoms with van der Waals surface area (Å²) in [5.74, 6) is 0. The monoisotopic (exact) mass is 159 g/mol. The minimum absolute atomic E-state index is 0.231. The van der Waals surface area contributed by atoms with E-state index in [0.717, 1.165) is 6.54 Å². The molecule has 0 radical (unpaired) electrons. The van der Waals surface area contributed by atoms with Gasteiger partial charge in [-0.15, -0.1) is 0 Å². The Morgan fingerprint density at radius 1 is 1.64 bits per heavy atom. The van der Waals surface area contributed by atoms with Gasteiger partial charge in [0, 0.05) is 13.1 Å². The molecule has 1 aliphatic rings. The molecular formula is C8H17NO2. The Morgan fingerprint density at radius 2 is 2.27 bits per heavy atom. The first-order chi connectivity index (χ1) is 4.99. The topological polar surface area (TPSA) is 32.7 Å². The highest BCUT2D eigenvalue weighted by Gasteiger charge is 2.27. The maximum Gasteiger partial charge on any atom is 0.0978 e. The molecule has 0 bridgehead atoms. The summed E-state index contributed by atoms with van der Waals surface area (Å²) in [5, 5.41) is 9.68. The fraction of sp³-hybridized carbons (Fsp3) is 1.00. The molecule has 11 heavy (non-hydrogen) atoms. The van der Waals surface area contributed by atoms with Crippen molar-refractivity contribution in [3.8, 4) is 0 Å². The fourth-order valence-corrected chi connectivity index (χ4v) is 1.51. The number of likely N-dealkylation sites (N-methyl/N-ethyl adjacent to an activating group) is 1. The van der Waals surface area contributed by atoms with Crippen molar-refractivity contribution in [1.29, 1.82) is 0 Å². The Morgan fingerprint density at radius 3 is 2.91 bits per heavy atom. The molecule has 0 aromatic rings. The van der Waals surface area contributed by atoms with Gasteiger partial charge in [-0.1, -0.05) is 0 Å². The lowest BCUT2D eigenvalue weighted by atomic mass is 10.1. The molecule has 1 rings (SSSR count). The smallest absolute Gasteiger partial charge is 0.0978 e. The zero-order valence-electron chi connectivity index (χ0n) is 7.50. The Hall–Kier alpha value is -0.120. The molecule has 0 saturated carbocycles. The van der Waals surface area contributed by atoms with Crippen LogP contribution in [0.15, 0.2) is 0 Å². The van der Waals surface area contributed by atoms with Crippen molar-refractivity contribution in [2.24, 2.45) is 0 Å². The van der Waals surface area contributed by atoms with Crippen LogP contribution in [-0.4, -0.2) is 48.5 Å². The second-order valence-corrected chi connectivity index (χ2v) is 3.82. The summed E-state index contributed by atoms with van der Waals surface area (Å²) >= 11 is 0. The first kappa shape index (κ1) is 8.97. The maximum atomic E-state index is 9.68. The highest BCUT2D eigenvalue weighted by molar-refractivity contribution is 4.80. The zero-order chi connectivity index (χ0) is 8.48. The van der Waals surface area contributed by atoms with Gasteiger partial charge in [0.1, 0.15) is 0 Å². The molecule has 1 fully saturated rings. The van der Waals surface area contributed by atoms with E-state index in [-0.39, 0.29) is 6.10 Å². The standard InChI is InChI=1S/C8H17NO2/c1-7-4-9(3)5-8(2,10)6-11-7/h7,10H,4-6H2,1-3H3. The van der Waals surface area contributed by atoms with Crippen LogP contribution < -0.4 is 0 Å². The number of aliphatic hydroxyl groups is 1. The van der Waals surface area contributed by atoms with Gasteiger partial charge in [-0.05, 0) is 20.9 Å². The number of nitrogens with zero attached hydrogens (tertiary/aromatic N) is 1. The fourth-order valence-electron chi connectivity index (χ4n) is 1.51. The van der Waals surface area contributed by atoms with Gasteiger partial charge in [-0.25, -0.2) is 0 Å². The van der Waals surface area contributed by atoms with Crippen LogP contribution in [0.5, 0.6) is 0 Å². The van der Waals surface area contributed by atoms with Gasteiger partial charge in [-0.3, -0.25) is 0 Å². The molecule has 1 N–H and O–H groups in total. The van der Waals surface area contributed by atoms with Crippen molar-refractivity contribution in [3.05, 3.63) is 0 Å². The highest BCUT2D eigenvalue weighted by atomic mass is 16.5. The van der Waals surface area contributed by atoms with Crippen LogP contribution in [0.25, 0.3) is 0 Å². The molecule has 2 unspecified atom stereocenters. The third-order valence-corrected chi connectivity index (χ3v) is 1.86. The van der Waals surface area contributed by atoms with Crippen molar-refractivity contribution < 1.29 is 9.84 Å². The van der Waals surface area contributed by atoms with E-state index in [1.165, 1.54) is 0 Å². The van der Waals surface area contributed by atoms with Crippen molar-refractivity contribution in [3.63, 3.8) is 0 Å². The molecule has 1 saturated heterocycles. The summed E-state index contributed by atoms with van der Waals surface area (Å²) in [6.07, 6.45) is 0.231. The van der Waals surface area contributed by atoms with Crippen molar-refractivity contribution in [2.45, 2.75) is 25.6 Å². The van der Waals surface area contributed by atoms with E-state index in [1.54, 1.807) is 0 Å². The Balaban J connectivity index is 2.53. The summed E-state index contributed by atoms with van der Waals surface area (Å²) in [4.78, 5) is 2.09. The number of rotatable bonds is 0. The summed E-state index contributed by atoms with van der Waals surface area (Å²) in [6, 6.07) is 0. The largest absolute Gasteiger partial charge is 0.386 e. The van der Waals surface area contributed by atoms with Gasteiger partial charge >= 0.3 is 0 Å². The van der Waals surface area contributed by atoms with E-state index in [1.807, 2.05) is 20.9 Å². The van der Waals surface area contributed by atoms with Gasteiger partial charge in [0.2, 0.25) is 0 Å². The average molecular weight is 159 g/mol. The molecule has 1 aliphatic heterocycles. The molecule has 2 atom stereocenters. The second kappa shape index (κ2) is 3.09. The van der Waals surface area contributed by atoms with Crippen LogP contribution in [0.1, 0.15) is 13.8 Å². The summed E-state index contributed by atoms with van der Waals surface area (Å²) in [7, 11) is 2.00. The Labute approximate surface area is 68.0 Å². The minimum atomic E-state index is -0.681. The summed E-state index contributed by atoms with van der Waals surface area (Å²) < 4.78 is 5.40. The van der Waals surface area contributed by atoms with Gasteiger partial charge in [-0.2, -0.15) is 0 Å². The Bertz CT molecular complexity index is 136. The lowest BCUT2D eigenvalue weighted by molar-refractivity contribution is -0.0376. The highest BCUT2D eigenvalue weighted by Crippen LogP contribution is 2.12. The van der Waals surface area contributed by atoms with E-state index in [0.29, 0.717) is 13.2 Å². The van der Waals surface area contributed by atoms with Crippen molar-refractivity contribution in [1.82, 2.24) is 4.90 Å². The quantitative estimate of drug-likeness (QED) is 0.543. The molecule has 3 nitrogen and oxygen atoms in total. The van der Waals surface area contributed by atoms with Gasteiger partial charge in [0.25, 0.3) is 0 Å². The van der Waals surface area contributed by atoms with Crippen LogP contribution in [0.4, 0.5) is 0 Å². The molecule has 0 aromatic carbocycles. The number of hydrogen-bond donors (Lipinski definition) is 1. The lowest BCUT2D eigenvalue weighted by Gasteiger charge is -2.23. The van der Waals surface area contributed by atoms with Crippen LogP contribution >= 0.6 is 0 Å². The molecule has 0 aliphatic carbocycles. The van der Waals surface area contributed by atoms with Crippen molar-refractivity contribution in [2.75, 3.05) is 26.7 Å². The minimum Gasteiger partial charge on any atom is -0.386 e. The molecule has 3 heteroatoms. The predicted octanol–water partition coefficient (Wildman–Crippen LogP) is 0.0879. The Kier molecular flexibility index (Phi) is 2.52. The number of hydrogen-bond acceptors (Lipinski definition) is 3. The molecular weight excluding hydrogens is 142 g/mol. The van der Waals surface area contributed by atoms with E-state index < -0.39 is 5.60 Å². The van der Waals surface area contributed by atoms with E-state index >= 15 is 0 Å². The molecule has 66 valence electrons. The van der Waals surface area contributed by atoms with E-state index in [9.17, 15) is 5.11 Å². The zero-order valence-corrected chi connectivity index (χ0v) is 7.50. The van der Waals surface area contributed by atoms with E-state index in [4.69, 9.17) is 4.74 Å². The van der Waals surface area contributed by atoms with Gasteiger partial charge in [0.05, 0.1) is 18.3 Å². The van der Waals surface area contributed by atoms with Crippen molar-refractivity contribution >= 4 is 0 Å². The third-order valence-electron chi connectivity index (χ3n) is 1.86. The molecule has 0 aromatic heterocycles. The first-order valence-electron chi connectivity index (χ1n) is 4.02. The first-order valence-corrected chi connectivity index (χ1v) is 4.02. The SMILES string of the molecule is CC1CN(C)CC(C)(O)CO1. The second-order valence-electron chi connectivity index (χ2n) is 3.82.